The van der Waals surface area contributed by atoms with Gasteiger partial charge in [-0.2, -0.15) is 0 Å². The lowest BCUT2D eigenvalue weighted by atomic mass is 10.2. The van der Waals surface area contributed by atoms with Crippen LogP contribution >= 0.6 is 11.6 Å². The second-order valence-electron chi connectivity index (χ2n) is 5.54. The van der Waals surface area contributed by atoms with E-state index in [2.05, 4.69) is 5.32 Å². The molecular formula is C16H17ClN2O2. The zero-order chi connectivity index (χ0) is 14.8. The number of hydrogen-bond acceptors (Lipinski definition) is 2. The Balaban J connectivity index is 1.55. The Morgan fingerprint density at radius 1 is 1.33 bits per heavy atom. The molecule has 0 radical (unpaired) electrons. The zero-order valence-corrected chi connectivity index (χ0v) is 12.3. The number of nitrogens with one attached hydrogen (secondary N) is 1. The highest BCUT2D eigenvalue weighted by atomic mass is 35.5. The molecule has 1 aromatic carbocycles. The molecular weight excluding hydrogens is 288 g/mol. The standard InChI is InChI=1S/C16H17ClN2O2/c17-14-4-2-1-3-11(14)5-8-15(20)18-12-9-16(21)19(10-12)13-6-7-13/h1-5,8,12-13H,6-7,9-10H2,(H,18,20)/b8-5+/t12-/m0/s1. The number of hydrogen-bond donors (Lipinski definition) is 1. The number of halogens is 1. The summed E-state index contributed by atoms with van der Waals surface area (Å²) in [6.45, 7) is 0.634. The summed E-state index contributed by atoms with van der Waals surface area (Å²) in [6, 6.07) is 7.67. The molecule has 2 amide bonds. The topological polar surface area (TPSA) is 49.4 Å². The Bertz CT molecular complexity index is 596. The molecule has 0 spiro atoms. The van der Waals surface area contributed by atoms with E-state index in [1.54, 1.807) is 12.1 Å². The Kier molecular flexibility index (Phi) is 3.97. The van der Waals surface area contributed by atoms with Gasteiger partial charge in [0.1, 0.15) is 0 Å². The Hall–Kier alpha value is -1.81. The van der Waals surface area contributed by atoms with Gasteiger partial charge in [0.25, 0.3) is 0 Å². The van der Waals surface area contributed by atoms with Gasteiger partial charge in [0.15, 0.2) is 0 Å². The Morgan fingerprint density at radius 2 is 2.10 bits per heavy atom. The predicted octanol–water partition coefficient (Wildman–Crippen LogP) is 2.23. The van der Waals surface area contributed by atoms with E-state index in [1.807, 2.05) is 23.1 Å². The van der Waals surface area contributed by atoms with E-state index in [1.165, 1.54) is 6.08 Å². The van der Waals surface area contributed by atoms with Crippen molar-refractivity contribution in [1.82, 2.24) is 10.2 Å². The lowest BCUT2D eigenvalue weighted by molar-refractivity contribution is -0.128. The van der Waals surface area contributed by atoms with Gasteiger partial charge in [-0.3, -0.25) is 9.59 Å². The molecule has 3 rings (SSSR count). The normalized spacial score (nSPS) is 22.0. The van der Waals surface area contributed by atoms with Crippen molar-refractivity contribution in [2.75, 3.05) is 6.54 Å². The minimum Gasteiger partial charge on any atom is -0.348 e. The van der Waals surface area contributed by atoms with Crippen molar-refractivity contribution in [2.24, 2.45) is 0 Å². The first-order valence-electron chi connectivity index (χ1n) is 7.16. The van der Waals surface area contributed by atoms with E-state index >= 15 is 0 Å². The fourth-order valence-corrected chi connectivity index (χ4v) is 2.79. The van der Waals surface area contributed by atoms with Crippen molar-refractivity contribution in [3.63, 3.8) is 0 Å². The summed E-state index contributed by atoms with van der Waals surface area (Å²) in [4.78, 5) is 25.6. The van der Waals surface area contributed by atoms with Crippen LogP contribution < -0.4 is 5.32 Å². The SMILES string of the molecule is O=C(/C=C/c1ccccc1Cl)N[C@H]1CC(=O)N(C2CC2)C1. The van der Waals surface area contributed by atoms with Crippen LogP contribution in [0.25, 0.3) is 6.08 Å². The fraction of sp³-hybridized carbons (Fsp3) is 0.375. The summed E-state index contributed by atoms with van der Waals surface area (Å²) in [5.41, 5.74) is 0.802. The van der Waals surface area contributed by atoms with Crippen LogP contribution in [0, 0.1) is 0 Å². The van der Waals surface area contributed by atoms with Crippen molar-refractivity contribution in [3.8, 4) is 0 Å². The molecule has 0 aromatic heterocycles. The average molecular weight is 305 g/mol. The highest BCUT2D eigenvalue weighted by molar-refractivity contribution is 6.32. The Morgan fingerprint density at radius 3 is 2.81 bits per heavy atom. The fourth-order valence-electron chi connectivity index (χ4n) is 2.59. The van der Waals surface area contributed by atoms with Crippen molar-refractivity contribution in [3.05, 3.63) is 40.9 Å². The van der Waals surface area contributed by atoms with Gasteiger partial charge < -0.3 is 10.2 Å². The molecule has 2 fully saturated rings. The summed E-state index contributed by atoms with van der Waals surface area (Å²) >= 11 is 6.02. The molecule has 1 saturated heterocycles. The summed E-state index contributed by atoms with van der Waals surface area (Å²) in [7, 11) is 0. The molecule has 5 heteroatoms. The van der Waals surface area contributed by atoms with Gasteiger partial charge >= 0.3 is 0 Å². The van der Waals surface area contributed by atoms with Gasteiger partial charge in [-0.05, 0) is 30.5 Å². The molecule has 1 heterocycles. The lowest BCUT2D eigenvalue weighted by Crippen LogP contribution is -2.36. The summed E-state index contributed by atoms with van der Waals surface area (Å²) < 4.78 is 0. The van der Waals surface area contributed by atoms with Crippen LogP contribution in [0.3, 0.4) is 0 Å². The van der Waals surface area contributed by atoms with Crippen LogP contribution in [0.15, 0.2) is 30.3 Å². The van der Waals surface area contributed by atoms with Crippen LogP contribution in [0.2, 0.25) is 5.02 Å². The highest BCUT2D eigenvalue weighted by Crippen LogP contribution is 2.30. The molecule has 1 saturated carbocycles. The monoisotopic (exact) mass is 304 g/mol. The summed E-state index contributed by atoms with van der Waals surface area (Å²) in [5.74, 6) is -0.0387. The molecule has 2 aliphatic rings. The van der Waals surface area contributed by atoms with E-state index in [4.69, 9.17) is 11.6 Å². The molecule has 1 N–H and O–H groups in total. The number of amides is 2. The minimum absolute atomic E-state index is 0.0819. The summed E-state index contributed by atoms with van der Waals surface area (Å²) in [5, 5.41) is 3.49. The second-order valence-corrected chi connectivity index (χ2v) is 5.95. The maximum absolute atomic E-state index is 11.9. The first-order chi connectivity index (χ1) is 10.1. The molecule has 1 atom stereocenters. The van der Waals surface area contributed by atoms with Crippen LogP contribution in [-0.2, 0) is 9.59 Å². The zero-order valence-electron chi connectivity index (χ0n) is 11.6. The maximum atomic E-state index is 11.9. The molecule has 21 heavy (non-hydrogen) atoms. The van der Waals surface area contributed by atoms with Crippen LogP contribution in [0.5, 0.6) is 0 Å². The van der Waals surface area contributed by atoms with Crippen molar-refractivity contribution >= 4 is 29.5 Å². The third-order valence-electron chi connectivity index (χ3n) is 3.81. The molecule has 110 valence electrons. The minimum atomic E-state index is -0.189. The van der Waals surface area contributed by atoms with Crippen molar-refractivity contribution < 1.29 is 9.59 Å². The van der Waals surface area contributed by atoms with Gasteiger partial charge in [-0.25, -0.2) is 0 Å². The van der Waals surface area contributed by atoms with Gasteiger partial charge in [0.2, 0.25) is 11.8 Å². The number of carbonyl (C=O) groups is 2. The largest absolute Gasteiger partial charge is 0.348 e. The highest BCUT2D eigenvalue weighted by Gasteiger charge is 2.39. The van der Waals surface area contributed by atoms with Crippen LogP contribution in [-0.4, -0.2) is 35.3 Å². The van der Waals surface area contributed by atoms with Gasteiger partial charge in [-0.1, -0.05) is 29.8 Å². The van der Waals surface area contributed by atoms with Gasteiger partial charge in [-0.15, -0.1) is 0 Å². The molecule has 1 aromatic rings. The average Bonchev–Trinajstić information content (AvgIpc) is 3.23. The molecule has 4 nitrogen and oxygen atoms in total. The van der Waals surface area contributed by atoms with Gasteiger partial charge in [0, 0.05) is 30.1 Å². The number of carbonyl (C=O) groups excluding carboxylic acids is 2. The molecule has 1 aliphatic heterocycles. The second kappa shape index (κ2) is 5.90. The van der Waals surface area contributed by atoms with Crippen molar-refractivity contribution in [1.29, 1.82) is 0 Å². The van der Waals surface area contributed by atoms with Gasteiger partial charge in [0.05, 0.1) is 6.04 Å². The number of benzene rings is 1. The van der Waals surface area contributed by atoms with E-state index in [9.17, 15) is 9.59 Å². The molecule has 0 bridgehead atoms. The first-order valence-corrected chi connectivity index (χ1v) is 7.54. The quantitative estimate of drug-likeness (QED) is 0.867. The Labute approximate surface area is 128 Å². The third kappa shape index (κ3) is 3.45. The lowest BCUT2D eigenvalue weighted by Gasteiger charge is -2.15. The van der Waals surface area contributed by atoms with E-state index in [0.717, 1.165) is 18.4 Å². The summed E-state index contributed by atoms with van der Waals surface area (Å²) in [6.07, 6.45) is 5.75. The van der Waals surface area contributed by atoms with Crippen LogP contribution in [0.1, 0.15) is 24.8 Å². The smallest absolute Gasteiger partial charge is 0.244 e. The molecule has 1 aliphatic carbocycles. The third-order valence-corrected chi connectivity index (χ3v) is 4.16. The van der Waals surface area contributed by atoms with Crippen LogP contribution in [0.4, 0.5) is 0 Å². The number of rotatable bonds is 4. The van der Waals surface area contributed by atoms with Crippen molar-refractivity contribution in [2.45, 2.75) is 31.3 Å². The van der Waals surface area contributed by atoms with E-state index < -0.39 is 0 Å². The first kappa shape index (κ1) is 14.1. The van der Waals surface area contributed by atoms with E-state index in [-0.39, 0.29) is 17.9 Å². The molecule has 0 unspecified atom stereocenters. The maximum Gasteiger partial charge on any atom is 0.244 e. The number of nitrogens with zero attached hydrogens (tertiary/aromatic N) is 1. The number of likely N-dealkylation sites (tertiary alicyclic amines) is 1. The van der Waals surface area contributed by atoms with E-state index in [0.29, 0.717) is 24.0 Å². The predicted molar refractivity (Wildman–Crippen MR) is 81.8 cm³/mol.